The maximum absolute atomic E-state index is 12.3. The van der Waals surface area contributed by atoms with Crippen LogP contribution in [0.4, 0.5) is 0 Å². The summed E-state index contributed by atoms with van der Waals surface area (Å²) in [5.41, 5.74) is 0.924. The number of aliphatic hydroxyl groups excluding tert-OH is 1. The maximum Gasteiger partial charge on any atom is 0.227 e. The van der Waals surface area contributed by atoms with Crippen molar-refractivity contribution in [2.75, 3.05) is 26.8 Å². The molecule has 2 rings (SSSR count). The monoisotopic (exact) mass is 358 g/mol. The second-order valence-corrected chi connectivity index (χ2v) is 6.16. The molecule has 0 aliphatic rings. The first-order valence-corrected chi connectivity index (χ1v) is 8.78. The fourth-order valence-electron chi connectivity index (χ4n) is 2.64. The molecule has 0 heterocycles. The molecular formula is C20H26N2O4. The van der Waals surface area contributed by atoms with Crippen LogP contribution in [0, 0.1) is 0 Å². The summed E-state index contributed by atoms with van der Waals surface area (Å²) in [7, 11) is 1.63. The highest BCUT2D eigenvalue weighted by Crippen LogP contribution is 2.25. The van der Waals surface area contributed by atoms with Gasteiger partial charge in [0.1, 0.15) is 5.75 Å². The van der Waals surface area contributed by atoms with Gasteiger partial charge >= 0.3 is 0 Å². The summed E-state index contributed by atoms with van der Waals surface area (Å²) >= 11 is 0. The molecule has 0 aromatic heterocycles. The van der Waals surface area contributed by atoms with Crippen LogP contribution in [0.5, 0.6) is 5.75 Å². The minimum Gasteiger partial charge on any atom is -0.497 e. The third-order valence-electron chi connectivity index (χ3n) is 4.27. The van der Waals surface area contributed by atoms with Gasteiger partial charge in [-0.3, -0.25) is 9.59 Å². The summed E-state index contributed by atoms with van der Waals surface area (Å²) in [5, 5.41) is 16.3. The Morgan fingerprint density at radius 2 is 1.81 bits per heavy atom. The number of ether oxygens (including phenoxy) is 1. The molecule has 0 saturated heterocycles. The molecule has 6 heteroatoms. The Hall–Kier alpha value is -2.60. The van der Waals surface area contributed by atoms with Crippen LogP contribution >= 0.6 is 0 Å². The number of methoxy groups -OCH3 is 1. The van der Waals surface area contributed by atoms with Crippen molar-refractivity contribution in [2.24, 2.45) is 0 Å². The van der Waals surface area contributed by atoms with E-state index >= 15 is 0 Å². The first-order chi connectivity index (χ1) is 12.5. The summed E-state index contributed by atoms with van der Waals surface area (Å²) in [4.78, 5) is 23.9. The third-order valence-corrected chi connectivity index (χ3v) is 4.27. The van der Waals surface area contributed by atoms with Crippen molar-refractivity contribution in [3.63, 3.8) is 0 Å². The summed E-state index contributed by atoms with van der Waals surface area (Å²) < 4.78 is 5.22. The highest BCUT2D eigenvalue weighted by molar-refractivity contribution is 5.88. The summed E-state index contributed by atoms with van der Waals surface area (Å²) in [6.07, 6.45) is 0.754. The zero-order valence-electron chi connectivity index (χ0n) is 15.2. The Bertz CT molecular complexity index is 761. The van der Waals surface area contributed by atoms with E-state index < -0.39 is 0 Å². The molecule has 0 aliphatic carbocycles. The lowest BCUT2D eigenvalue weighted by atomic mass is 9.97. The number of carbonyl (C=O) groups is 2. The van der Waals surface area contributed by atoms with Crippen LogP contribution in [0.1, 0.15) is 31.2 Å². The Morgan fingerprint density at radius 3 is 2.54 bits per heavy atom. The largest absolute Gasteiger partial charge is 0.497 e. The van der Waals surface area contributed by atoms with Crippen molar-refractivity contribution in [2.45, 2.75) is 25.7 Å². The normalized spacial score (nSPS) is 11.8. The van der Waals surface area contributed by atoms with E-state index in [9.17, 15) is 9.59 Å². The van der Waals surface area contributed by atoms with Gasteiger partial charge in [0, 0.05) is 26.1 Å². The molecule has 0 spiro atoms. The molecular weight excluding hydrogens is 332 g/mol. The van der Waals surface area contributed by atoms with E-state index in [4.69, 9.17) is 9.84 Å². The van der Waals surface area contributed by atoms with Gasteiger partial charge in [0.2, 0.25) is 11.8 Å². The van der Waals surface area contributed by atoms with Gasteiger partial charge in [-0.25, -0.2) is 0 Å². The lowest BCUT2D eigenvalue weighted by Gasteiger charge is -2.14. The average Bonchev–Trinajstić information content (AvgIpc) is 2.66. The number of aliphatic hydroxyl groups is 1. The number of hydrogen-bond donors (Lipinski definition) is 3. The van der Waals surface area contributed by atoms with Crippen LogP contribution in [0.2, 0.25) is 0 Å². The Labute approximate surface area is 153 Å². The van der Waals surface area contributed by atoms with E-state index in [2.05, 4.69) is 10.6 Å². The van der Waals surface area contributed by atoms with Gasteiger partial charge in [0.05, 0.1) is 13.0 Å². The molecule has 0 bridgehead atoms. The smallest absolute Gasteiger partial charge is 0.227 e. The number of rotatable bonds is 9. The van der Waals surface area contributed by atoms with Crippen molar-refractivity contribution in [1.82, 2.24) is 10.6 Å². The predicted molar refractivity (Wildman–Crippen MR) is 101 cm³/mol. The van der Waals surface area contributed by atoms with E-state index in [1.807, 2.05) is 43.3 Å². The Balaban J connectivity index is 1.89. The van der Waals surface area contributed by atoms with Crippen LogP contribution in [0.3, 0.4) is 0 Å². The molecule has 3 N–H and O–H groups in total. The second-order valence-electron chi connectivity index (χ2n) is 6.16. The highest BCUT2D eigenvalue weighted by Gasteiger charge is 2.15. The van der Waals surface area contributed by atoms with Crippen LogP contribution in [-0.2, 0) is 9.59 Å². The van der Waals surface area contributed by atoms with E-state index in [-0.39, 0.29) is 30.8 Å². The minimum absolute atomic E-state index is 0.0487. The van der Waals surface area contributed by atoms with Gasteiger partial charge in [-0.1, -0.05) is 24.3 Å². The number of amides is 2. The molecule has 0 aliphatic heterocycles. The van der Waals surface area contributed by atoms with E-state index in [0.29, 0.717) is 19.5 Å². The zero-order chi connectivity index (χ0) is 18.9. The lowest BCUT2D eigenvalue weighted by Crippen LogP contribution is -2.33. The van der Waals surface area contributed by atoms with Crippen LogP contribution in [0.15, 0.2) is 36.4 Å². The van der Waals surface area contributed by atoms with Gasteiger partial charge in [-0.2, -0.15) is 0 Å². The topological polar surface area (TPSA) is 87.7 Å². The molecule has 140 valence electrons. The molecule has 1 atom stereocenters. The number of hydrogen-bond acceptors (Lipinski definition) is 4. The van der Waals surface area contributed by atoms with E-state index in [1.165, 1.54) is 0 Å². The number of benzene rings is 2. The first kappa shape index (κ1) is 19.7. The summed E-state index contributed by atoms with van der Waals surface area (Å²) in [5.74, 6) is 0.249. The van der Waals surface area contributed by atoms with Gasteiger partial charge in [0.15, 0.2) is 0 Å². The fourth-order valence-corrected chi connectivity index (χ4v) is 2.64. The second kappa shape index (κ2) is 9.77. The summed E-state index contributed by atoms with van der Waals surface area (Å²) in [6, 6.07) is 11.7. The van der Waals surface area contributed by atoms with Crippen molar-refractivity contribution >= 4 is 22.6 Å². The Kier molecular flexibility index (Phi) is 7.41. The maximum atomic E-state index is 12.3. The molecule has 2 aromatic rings. The SMILES string of the molecule is COc1ccc2cc([C@H](C)C(=O)NCCC(=O)NCCCO)ccc2c1. The van der Waals surface area contributed by atoms with Crippen molar-refractivity contribution < 1.29 is 19.4 Å². The van der Waals surface area contributed by atoms with Crippen molar-refractivity contribution in [3.05, 3.63) is 42.0 Å². The molecule has 0 saturated carbocycles. The highest BCUT2D eigenvalue weighted by atomic mass is 16.5. The molecule has 0 radical (unpaired) electrons. The Morgan fingerprint density at radius 1 is 1.08 bits per heavy atom. The van der Waals surface area contributed by atoms with Gasteiger partial charge in [0.25, 0.3) is 0 Å². The molecule has 6 nitrogen and oxygen atoms in total. The molecule has 2 aromatic carbocycles. The van der Waals surface area contributed by atoms with Crippen LogP contribution in [-0.4, -0.2) is 43.7 Å². The molecule has 2 amide bonds. The van der Waals surface area contributed by atoms with Gasteiger partial charge in [-0.05, 0) is 41.8 Å². The molecule has 0 unspecified atom stereocenters. The minimum atomic E-state index is -0.307. The van der Waals surface area contributed by atoms with Gasteiger partial charge in [-0.15, -0.1) is 0 Å². The molecule has 26 heavy (non-hydrogen) atoms. The summed E-state index contributed by atoms with van der Waals surface area (Å²) in [6.45, 7) is 2.63. The standard InChI is InChI=1S/C20H26N2O4/c1-14(20(25)22-10-8-19(24)21-9-3-11-23)15-4-5-17-13-18(26-2)7-6-16(17)12-15/h4-7,12-14,23H,3,8-11H2,1-2H3,(H,21,24)(H,22,25)/t14-/m0/s1. The lowest BCUT2D eigenvalue weighted by molar-refractivity contribution is -0.123. The van der Waals surface area contributed by atoms with Crippen molar-refractivity contribution in [1.29, 1.82) is 0 Å². The third kappa shape index (κ3) is 5.46. The van der Waals surface area contributed by atoms with E-state index in [1.54, 1.807) is 7.11 Å². The quantitative estimate of drug-likeness (QED) is 0.598. The molecule has 0 fully saturated rings. The van der Waals surface area contributed by atoms with Crippen LogP contribution < -0.4 is 15.4 Å². The number of fused-ring (bicyclic) bond motifs is 1. The zero-order valence-corrected chi connectivity index (χ0v) is 15.2. The fraction of sp³-hybridized carbons (Fsp3) is 0.400. The number of carbonyl (C=O) groups excluding carboxylic acids is 2. The van der Waals surface area contributed by atoms with E-state index in [0.717, 1.165) is 22.1 Å². The predicted octanol–water partition coefficient (Wildman–Crippen LogP) is 1.96. The van der Waals surface area contributed by atoms with Crippen LogP contribution in [0.25, 0.3) is 10.8 Å². The average molecular weight is 358 g/mol. The number of nitrogens with one attached hydrogen (secondary N) is 2. The van der Waals surface area contributed by atoms with Gasteiger partial charge < -0.3 is 20.5 Å². The van der Waals surface area contributed by atoms with Crippen molar-refractivity contribution in [3.8, 4) is 5.75 Å². The first-order valence-electron chi connectivity index (χ1n) is 8.78.